The van der Waals surface area contributed by atoms with Gasteiger partial charge in [-0.05, 0) is 92.2 Å². The summed E-state index contributed by atoms with van der Waals surface area (Å²) in [5, 5.41) is 12.9. The Balaban J connectivity index is 1.33. The molecule has 4 saturated carbocycles. The molecule has 5 nitrogen and oxygen atoms in total. The Morgan fingerprint density at radius 2 is 1.81 bits per heavy atom. The van der Waals surface area contributed by atoms with E-state index in [-0.39, 0.29) is 5.41 Å². The number of nitrogens with zero attached hydrogens (tertiary/aromatic N) is 4. The van der Waals surface area contributed by atoms with Crippen LogP contribution in [0.4, 0.5) is 0 Å². The van der Waals surface area contributed by atoms with Crippen LogP contribution >= 0.6 is 11.8 Å². The molecule has 0 N–H and O–H groups in total. The maximum absolute atomic E-state index is 13.3. The molecule has 1 aromatic carbocycles. The molecule has 1 aromatic heterocycles. The molecule has 4 aliphatic carbocycles. The maximum atomic E-state index is 13.3. The first-order valence-electron chi connectivity index (χ1n) is 10.0. The van der Waals surface area contributed by atoms with Gasteiger partial charge in [0.15, 0.2) is 0 Å². The number of ketones is 1. The largest absolute Gasteiger partial charge is 0.298 e. The molecule has 142 valence electrons. The molecule has 4 aliphatic rings. The number of Topliss-reactive ketones (excluding diaryl/α,β-unsaturated/α-hetero) is 1. The first kappa shape index (κ1) is 17.4. The summed E-state index contributed by atoms with van der Waals surface area (Å²) < 4.78 is 1.77. The molecule has 1 heterocycles. The zero-order valence-corrected chi connectivity index (χ0v) is 16.8. The van der Waals surface area contributed by atoms with Gasteiger partial charge in [0.1, 0.15) is 5.78 Å². The van der Waals surface area contributed by atoms with E-state index >= 15 is 0 Å². The van der Waals surface area contributed by atoms with E-state index in [2.05, 4.69) is 41.5 Å². The lowest BCUT2D eigenvalue weighted by molar-refractivity contribution is -0.141. The zero-order chi connectivity index (χ0) is 18.6. The van der Waals surface area contributed by atoms with Crippen LogP contribution < -0.4 is 0 Å². The lowest BCUT2D eigenvalue weighted by Crippen LogP contribution is -2.50. The van der Waals surface area contributed by atoms with Crippen molar-refractivity contribution in [3.8, 4) is 5.69 Å². The highest BCUT2D eigenvalue weighted by Gasteiger charge is 2.54. The highest BCUT2D eigenvalue weighted by molar-refractivity contribution is 7.99. The van der Waals surface area contributed by atoms with Gasteiger partial charge in [-0.1, -0.05) is 29.5 Å². The molecule has 27 heavy (non-hydrogen) atoms. The second kappa shape index (κ2) is 6.43. The van der Waals surface area contributed by atoms with E-state index < -0.39 is 0 Å². The predicted molar refractivity (Wildman–Crippen MR) is 105 cm³/mol. The lowest BCUT2D eigenvalue weighted by atomic mass is 9.48. The van der Waals surface area contributed by atoms with Crippen LogP contribution in [0.15, 0.2) is 23.4 Å². The quantitative estimate of drug-likeness (QED) is 0.727. The van der Waals surface area contributed by atoms with E-state index in [0.29, 0.717) is 16.7 Å². The molecule has 0 spiro atoms. The Morgan fingerprint density at radius 3 is 2.44 bits per heavy atom. The Morgan fingerprint density at radius 1 is 1.15 bits per heavy atom. The summed E-state index contributed by atoms with van der Waals surface area (Å²) in [4.78, 5) is 13.3. The second-order valence-corrected chi connectivity index (χ2v) is 10.0. The molecule has 6 heteroatoms. The van der Waals surface area contributed by atoms with Gasteiger partial charge < -0.3 is 0 Å². The standard InChI is InChI=1S/C21H26N4OS/c1-13-3-4-18(14(2)5-13)25-20(22-23-24-25)27-12-19(26)21-9-15-6-16(10-21)8-17(7-15)11-21/h3-5,15-17H,6-12H2,1-2H3. The zero-order valence-electron chi connectivity index (χ0n) is 16.0. The van der Waals surface area contributed by atoms with E-state index in [0.717, 1.165) is 48.3 Å². The van der Waals surface area contributed by atoms with Crippen molar-refractivity contribution in [2.45, 2.75) is 57.5 Å². The lowest BCUT2D eigenvalue weighted by Gasteiger charge is -2.56. The number of tetrazole rings is 1. The summed E-state index contributed by atoms with van der Waals surface area (Å²) in [7, 11) is 0. The summed E-state index contributed by atoms with van der Waals surface area (Å²) in [6.07, 6.45) is 7.47. The van der Waals surface area contributed by atoms with Crippen LogP contribution in [-0.2, 0) is 4.79 Å². The van der Waals surface area contributed by atoms with Crippen LogP contribution in [0.1, 0.15) is 49.7 Å². The molecule has 4 bridgehead atoms. The number of hydrogen-bond acceptors (Lipinski definition) is 5. The molecule has 0 unspecified atom stereocenters. The normalized spacial score (nSPS) is 31.4. The minimum atomic E-state index is -0.0419. The van der Waals surface area contributed by atoms with Gasteiger partial charge >= 0.3 is 0 Å². The fraction of sp³-hybridized carbons (Fsp3) is 0.619. The minimum absolute atomic E-state index is 0.0419. The van der Waals surface area contributed by atoms with Crippen LogP contribution in [0.25, 0.3) is 5.69 Å². The molecule has 0 saturated heterocycles. The van der Waals surface area contributed by atoms with Gasteiger partial charge in [-0.3, -0.25) is 4.79 Å². The fourth-order valence-electron chi connectivity index (χ4n) is 6.20. The van der Waals surface area contributed by atoms with Crippen molar-refractivity contribution >= 4 is 17.5 Å². The Hall–Kier alpha value is -1.69. The first-order chi connectivity index (χ1) is 13.0. The first-order valence-corrected chi connectivity index (χ1v) is 11.0. The number of aromatic nitrogens is 4. The van der Waals surface area contributed by atoms with E-state index in [1.807, 2.05) is 6.07 Å². The van der Waals surface area contributed by atoms with Crippen LogP contribution in [0.5, 0.6) is 0 Å². The van der Waals surface area contributed by atoms with Crippen molar-refractivity contribution in [2.24, 2.45) is 23.2 Å². The maximum Gasteiger partial charge on any atom is 0.214 e. The number of carbonyl (C=O) groups is 1. The van der Waals surface area contributed by atoms with Gasteiger partial charge in [-0.2, -0.15) is 4.68 Å². The van der Waals surface area contributed by atoms with Gasteiger partial charge in [0.2, 0.25) is 5.16 Å². The van der Waals surface area contributed by atoms with Crippen molar-refractivity contribution in [2.75, 3.05) is 5.75 Å². The van der Waals surface area contributed by atoms with Crippen molar-refractivity contribution in [3.63, 3.8) is 0 Å². The van der Waals surface area contributed by atoms with E-state index in [1.54, 1.807) is 4.68 Å². The number of benzene rings is 1. The summed E-state index contributed by atoms with van der Waals surface area (Å²) in [6.45, 7) is 4.15. The Bertz CT molecular complexity index is 855. The highest BCUT2D eigenvalue weighted by Crippen LogP contribution is 2.60. The second-order valence-electron chi connectivity index (χ2n) is 9.07. The van der Waals surface area contributed by atoms with Crippen LogP contribution in [-0.4, -0.2) is 31.7 Å². The van der Waals surface area contributed by atoms with E-state index in [9.17, 15) is 4.79 Å². The summed E-state index contributed by atoms with van der Waals surface area (Å²) in [5.74, 6) is 3.31. The van der Waals surface area contributed by atoms with Gasteiger partial charge in [0, 0.05) is 5.41 Å². The Kier molecular flexibility index (Phi) is 4.15. The van der Waals surface area contributed by atoms with Gasteiger partial charge in [-0.15, -0.1) is 5.10 Å². The monoisotopic (exact) mass is 382 g/mol. The van der Waals surface area contributed by atoms with Crippen molar-refractivity contribution in [1.29, 1.82) is 0 Å². The van der Waals surface area contributed by atoms with Crippen molar-refractivity contribution in [1.82, 2.24) is 20.2 Å². The Labute approximate surface area is 164 Å². The summed E-state index contributed by atoms with van der Waals surface area (Å²) >= 11 is 1.50. The topological polar surface area (TPSA) is 60.7 Å². The number of hydrogen-bond donors (Lipinski definition) is 0. The molecule has 6 rings (SSSR count). The summed E-state index contributed by atoms with van der Waals surface area (Å²) in [6, 6.07) is 6.25. The molecule has 0 amide bonds. The average Bonchev–Trinajstić information content (AvgIpc) is 3.06. The third-order valence-electron chi connectivity index (χ3n) is 6.98. The van der Waals surface area contributed by atoms with Gasteiger partial charge in [0.25, 0.3) is 0 Å². The molecular weight excluding hydrogens is 356 g/mol. The van der Waals surface area contributed by atoms with Crippen LogP contribution in [0.2, 0.25) is 0 Å². The van der Waals surface area contributed by atoms with E-state index in [1.165, 1.54) is 36.6 Å². The van der Waals surface area contributed by atoms with Gasteiger partial charge in [-0.25, -0.2) is 0 Å². The minimum Gasteiger partial charge on any atom is -0.298 e. The molecule has 0 aliphatic heterocycles. The van der Waals surface area contributed by atoms with Crippen molar-refractivity contribution < 1.29 is 4.79 Å². The highest BCUT2D eigenvalue weighted by atomic mass is 32.2. The SMILES string of the molecule is Cc1ccc(-n2nnnc2SCC(=O)C23CC4CC(CC(C4)C2)C3)c(C)c1. The fourth-order valence-corrected chi connectivity index (χ4v) is 7.12. The molecule has 4 fully saturated rings. The van der Waals surface area contributed by atoms with Crippen LogP contribution in [0.3, 0.4) is 0 Å². The molecule has 2 aromatic rings. The van der Waals surface area contributed by atoms with Crippen molar-refractivity contribution in [3.05, 3.63) is 29.3 Å². The average molecular weight is 383 g/mol. The number of carbonyl (C=O) groups excluding carboxylic acids is 1. The predicted octanol–water partition coefficient (Wildman–Crippen LogP) is 4.16. The van der Waals surface area contributed by atoms with Gasteiger partial charge in [0.05, 0.1) is 11.4 Å². The number of aryl methyl sites for hydroxylation is 2. The third-order valence-corrected chi connectivity index (χ3v) is 7.90. The smallest absolute Gasteiger partial charge is 0.214 e. The molecule has 0 atom stereocenters. The third kappa shape index (κ3) is 3.02. The molecule has 0 radical (unpaired) electrons. The number of thioether (sulfide) groups is 1. The number of rotatable bonds is 5. The molecular formula is C21H26N4OS. The van der Waals surface area contributed by atoms with E-state index in [4.69, 9.17) is 0 Å². The summed E-state index contributed by atoms with van der Waals surface area (Å²) in [5.41, 5.74) is 3.29. The van der Waals surface area contributed by atoms with Crippen LogP contribution in [0, 0.1) is 37.0 Å².